The number of hydrogen-bond donors (Lipinski definition) is 2. The lowest BCUT2D eigenvalue weighted by Gasteiger charge is -2.13. The summed E-state index contributed by atoms with van der Waals surface area (Å²) in [6.45, 7) is 1.81. The molecular weight excluding hydrogens is 234 g/mol. The number of carboxylic acid groups (broad SMARTS) is 1. The molecule has 90 valence electrons. The van der Waals surface area contributed by atoms with E-state index in [1.54, 1.807) is 12.4 Å². The highest BCUT2D eigenvalue weighted by Crippen LogP contribution is 2.13. The maximum Gasteiger partial charge on any atom is 0.326 e. The summed E-state index contributed by atoms with van der Waals surface area (Å²) in [5.74, 6) is -1.57. The largest absolute Gasteiger partial charge is 0.480 e. The molecule has 0 saturated carbocycles. The van der Waals surface area contributed by atoms with E-state index in [0.29, 0.717) is 0 Å². The summed E-state index contributed by atoms with van der Waals surface area (Å²) in [6, 6.07) is 5.72. The van der Waals surface area contributed by atoms with Crippen LogP contribution < -0.4 is 0 Å². The Morgan fingerprint density at radius 1 is 1.19 bits per heavy atom. The summed E-state index contributed by atoms with van der Waals surface area (Å²) >= 11 is 0. The molecule has 0 radical (unpaired) electrons. The second kappa shape index (κ2) is 5.57. The van der Waals surface area contributed by atoms with Gasteiger partial charge in [-0.2, -0.15) is 8.42 Å². The molecule has 0 aliphatic heterocycles. The van der Waals surface area contributed by atoms with E-state index in [1.165, 1.54) is 0 Å². The molecule has 6 nitrogen and oxygen atoms in total. The van der Waals surface area contributed by atoms with Crippen molar-refractivity contribution < 1.29 is 22.9 Å². The molecule has 1 heterocycles. The Kier molecular flexibility index (Phi) is 5.06. The molecule has 2 N–H and O–H groups in total. The van der Waals surface area contributed by atoms with Gasteiger partial charge in [0.1, 0.15) is 0 Å². The molecule has 1 aromatic heterocycles. The Morgan fingerprint density at radius 3 is 1.69 bits per heavy atom. The third kappa shape index (κ3) is 4.37. The van der Waals surface area contributed by atoms with E-state index in [1.807, 2.05) is 18.2 Å². The maximum atomic E-state index is 10.3. The van der Waals surface area contributed by atoms with Crippen LogP contribution in [0.2, 0.25) is 0 Å². The smallest absolute Gasteiger partial charge is 0.326 e. The van der Waals surface area contributed by atoms with E-state index in [0.717, 1.165) is 13.8 Å². The molecule has 0 saturated heterocycles. The first kappa shape index (κ1) is 14.5. The standard InChI is InChI=1S/C5H5N.C4H8O5S/c1-2-4-6-5-3-1;1-4(2,3(5)6)10(7,8)9/h1-5H;1-2H3,(H,5,6)(H,7,8,9). The normalized spacial score (nSPS) is 11.2. The molecule has 0 unspecified atom stereocenters. The van der Waals surface area contributed by atoms with Gasteiger partial charge in [0.05, 0.1) is 0 Å². The van der Waals surface area contributed by atoms with E-state index in [4.69, 9.17) is 9.66 Å². The van der Waals surface area contributed by atoms with Crippen LogP contribution in [0.15, 0.2) is 30.6 Å². The van der Waals surface area contributed by atoms with Crippen molar-refractivity contribution in [2.24, 2.45) is 0 Å². The van der Waals surface area contributed by atoms with Crippen LogP contribution in [0, 0.1) is 0 Å². The summed E-state index contributed by atoms with van der Waals surface area (Å²) in [5, 5.41) is 8.24. The molecule has 0 aliphatic carbocycles. The van der Waals surface area contributed by atoms with Gasteiger partial charge in [-0.15, -0.1) is 0 Å². The number of aliphatic carboxylic acids is 1. The maximum absolute atomic E-state index is 10.3. The average Bonchev–Trinajstić information content (AvgIpc) is 2.19. The van der Waals surface area contributed by atoms with Crippen molar-refractivity contribution in [3.8, 4) is 0 Å². The van der Waals surface area contributed by atoms with Gasteiger partial charge in [-0.1, -0.05) is 6.07 Å². The van der Waals surface area contributed by atoms with Gasteiger partial charge in [0.15, 0.2) is 4.75 Å². The van der Waals surface area contributed by atoms with Crippen LogP contribution >= 0.6 is 0 Å². The fraction of sp³-hybridized carbons (Fsp3) is 0.333. The highest BCUT2D eigenvalue weighted by Gasteiger charge is 2.40. The van der Waals surface area contributed by atoms with Crippen LogP contribution in [0.5, 0.6) is 0 Å². The zero-order valence-corrected chi connectivity index (χ0v) is 9.68. The van der Waals surface area contributed by atoms with Gasteiger partial charge in [0.2, 0.25) is 0 Å². The lowest BCUT2D eigenvalue weighted by molar-refractivity contribution is -0.139. The summed E-state index contributed by atoms with van der Waals surface area (Å²) < 4.78 is 26.7. The summed E-state index contributed by atoms with van der Waals surface area (Å²) in [7, 11) is -4.50. The molecule has 0 atom stereocenters. The van der Waals surface area contributed by atoms with Crippen LogP contribution in [-0.4, -0.2) is 33.8 Å². The second-order valence-corrected chi connectivity index (χ2v) is 5.29. The van der Waals surface area contributed by atoms with Crippen LogP contribution in [0.4, 0.5) is 0 Å². The van der Waals surface area contributed by atoms with Crippen molar-refractivity contribution in [2.45, 2.75) is 18.6 Å². The SMILES string of the molecule is CC(C)(C(=O)O)S(=O)(=O)O.c1ccncc1. The topological polar surface area (TPSA) is 105 Å². The minimum absolute atomic E-state index is 0.907. The summed E-state index contributed by atoms with van der Waals surface area (Å²) in [5.41, 5.74) is 0. The van der Waals surface area contributed by atoms with E-state index in [2.05, 4.69) is 4.98 Å². The van der Waals surface area contributed by atoms with Gasteiger partial charge in [0, 0.05) is 12.4 Å². The Hall–Kier alpha value is -1.47. The second-order valence-electron chi connectivity index (χ2n) is 3.32. The van der Waals surface area contributed by atoms with Crippen molar-refractivity contribution in [1.29, 1.82) is 0 Å². The number of carboxylic acids is 1. The third-order valence-electron chi connectivity index (χ3n) is 1.73. The first-order chi connectivity index (χ1) is 7.19. The van der Waals surface area contributed by atoms with E-state index in [-0.39, 0.29) is 0 Å². The average molecular weight is 247 g/mol. The Morgan fingerprint density at radius 2 is 1.62 bits per heavy atom. The molecule has 0 fully saturated rings. The molecule has 1 rings (SSSR count). The number of aromatic nitrogens is 1. The number of carbonyl (C=O) groups is 1. The molecule has 7 heteroatoms. The van der Waals surface area contributed by atoms with Gasteiger partial charge in [0.25, 0.3) is 10.1 Å². The van der Waals surface area contributed by atoms with E-state index >= 15 is 0 Å². The molecule has 16 heavy (non-hydrogen) atoms. The monoisotopic (exact) mass is 247 g/mol. The fourth-order valence-corrected chi connectivity index (χ4v) is 0.644. The number of pyridine rings is 1. The van der Waals surface area contributed by atoms with Crippen molar-refractivity contribution in [1.82, 2.24) is 4.98 Å². The first-order valence-electron chi connectivity index (χ1n) is 4.25. The molecule has 0 spiro atoms. The Balaban J connectivity index is 0.000000315. The van der Waals surface area contributed by atoms with Crippen molar-refractivity contribution in [3.63, 3.8) is 0 Å². The van der Waals surface area contributed by atoms with Crippen molar-refractivity contribution >= 4 is 16.1 Å². The number of hydrogen-bond acceptors (Lipinski definition) is 4. The van der Waals surface area contributed by atoms with Crippen molar-refractivity contribution in [2.75, 3.05) is 0 Å². The highest BCUT2D eigenvalue weighted by molar-refractivity contribution is 7.88. The minimum atomic E-state index is -4.50. The number of rotatable bonds is 2. The summed E-state index contributed by atoms with van der Waals surface area (Å²) in [4.78, 5) is 13.9. The van der Waals surface area contributed by atoms with Crippen LogP contribution in [0.25, 0.3) is 0 Å². The Labute approximate surface area is 93.7 Å². The van der Waals surface area contributed by atoms with Gasteiger partial charge in [-0.25, -0.2) is 0 Å². The summed E-state index contributed by atoms with van der Waals surface area (Å²) in [6.07, 6.45) is 3.50. The lowest BCUT2D eigenvalue weighted by atomic mass is 10.2. The fourth-order valence-electron chi connectivity index (χ4n) is 0.423. The molecule has 0 amide bonds. The van der Waals surface area contributed by atoms with Gasteiger partial charge in [-0.3, -0.25) is 14.3 Å². The molecule has 1 aromatic rings. The predicted octanol–water partition coefficient (Wildman–Crippen LogP) is 0.819. The predicted molar refractivity (Wildman–Crippen MR) is 57.5 cm³/mol. The van der Waals surface area contributed by atoms with E-state index < -0.39 is 20.8 Å². The van der Waals surface area contributed by atoms with Crippen LogP contribution in [0.1, 0.15) is 13.8 Å². The third-order valence-corrected chi connectivity index (χ3v) is 3.19. The van der Waals surface area contributed by atoms with E-state index in [9.17, 15) is 13.2 Å². The molecule has 0 aromatic carbocycles. The first-order valence-corrected chi connectivity index (χ1v) is 5.69. The Bertz CT molecular complexity index is 400. The quantitative estimate of drug-likeness (QED) is 0.749. The number of nitrogens with zero attached hydrogens (tertiary/aromatic N) is 1. The minimum Gasteiger partial charge on any atom is -0.480 e. The highest BCUT2D eigenvalue weighted by atomic mass is 32.2. The van der Waals surface area contributed by atoms with Gasteiger partial charge in [-0.05, 0) is 26.0 Å². The van der Waals surface area contributed by atoms with Gasteiger partial charge < -0.3 is 5.11 Å². The van der Waals surface area contributed by atoms with Crippen LogP contribution in [-0.2, 0) is 14.9 Å². The molecule has 0 aliphatic rings. The molecular formula is C9H13NO5S. The van der Waals surface area contributed by atoms with Crippen molar-refractivity contribution in [3.05, 3.63) is 30.6 Å². The zero-order valence-electron chi connectivity index (χ0n) is 8.86. The molecule has 0 bridgehead atoms. The van der Waals surface area contributed by atoms with Gasteiger partial charge >= 0.3 is 5.97 Å². The lowest BCUT2D eigenvalue weighted by Crippen LogP contribution is -2.39. The van der Waals surface area contributed by atoms with Crippen LogP contribution in [0.3, 0.4) is 0 Å². The zero-order chi connectivity index (χ0) is 12.8.